The van der Waals surface area contributed by atoms with Gasteiger partial charge >= 0.3 is 5.97 Å². The van der Waals surface area contributed by atoms with Crippen LogP contribution < -0.4 is 37.9 Å². The second kappa shape index (κ2) is 17.3. The van der Waals surface area contributed by atoms with Crippen LogP contribution in [0.1, 0.15) is 24.5 Å². The molecule has 13 nitrogen and oxygen atoms in total. The number of primary amides is 1. The predicted molar refractivity (Wildman–Crippen MR) is 160 cm³/mol. The molecule has 0 heterocycles. The summed E-state index contributed by atoms with van der Waals surface area (Å²) in [6.07, 6.45) is 2.41. The van der Waals surface area contributed by atoms with E-state index in [1.165, 1.54) is 18.7 Å². The summed E-state index contributed by atoms with van der Waals surface area (Å²) >= 11 is 1.47. The van der Waals surface area contributed by atoms with E-state index in [2.05, 4.69) is 20.9 Å². The van der Waals surface area contributed by atoms with Crippen LogP contribution in [0.25, 0.3) is 0 Å². The Bertz CT molecular complexity index is 1250. The zero-order valence-electron chi connectivity index (χ0n) is 23.5. The number of nitrogens with two attached hydrogens (primary N) is 3. The Morgan fingerprint density at radius 2 is 1.50 bits per heavy atom. The molecule has 4 amide bonds. The highest BCUT2D eigenvalue weighted by molar-refractivity contribution is 7.98. The largest absolute Gasteiger partial charge is 0.427 e. The van der Waals surface area contributed by atoms with E-state index in [1.54, 1.807) is 48.5 Å². The summed E-state index contributed by atoms with van der Waals surface area (Å²) in [6.45, 7) is 0.849. The molecule has 2 aromatic carbocycles. The van der Waals surface area contributed by atoms with E-state index >= 15 is 0 Å². The van der Waals surface area contributed by atoms with E-state index in [9.17, 15) is 24.0 Å². The van der Waals surface area contributed by atoms with Crippen molar-refractivity contribution in [3.63, 3.8) is 0 Å². The van der Waals surface area contributed by atoms with Crippen molar-refractivity contribution in [1.29, 1.82) is 0 Å². The summed E-state index contributed by atoms with van der Waals surface area (Å²) in [7, 11) is 0. The smallest absolute Gasteiger partial charge is 0.308 e. The van der Waals surface area contributed by atoms with Crippen molar-refractivity contribution >= 4 is 47.3 Å². The van der Waals surface area contributed by atoms with Crippen LogP contribution in [-0.4, -0.2) is 72.2 Å². The lowest BCUT2D eigenvalue weighted by atomic mass is 10.0. The molecular weight excluding hydrogens is 562 g/mol. The van der Waals surface area contributed by atoms with Crippen molar-refractivity contribution in [2.75, 3.05) is 18.6 Å². The van der Waals surface area contributed by atoms with Gasteiger partial charge in [0.2, 0.25) is 23.6 Å². The molecule has 0 aliphatic heterocycles. The molecule has 2 aromatic rings. The molecule has 0 saturated heterocycles. The second-order valence-electron chi connectivity index (χ2n) is 9.28. The molecule has 226 valence electrons. The number of nitrogens with zero attached hydrogens (tertiary/aromatic N) is 1. The number of nitrogens with one attached hydrogen (secondary N) is 3. The molecule has 0 aliphatic carbocycles. The van der Waals surface area contributed by atoms with Crippen LogP contribution in [0.3, 0.4) is 0 Å². The van der Waals surface area contributed by atoms with Gasteiger partial charge in [-0.2, -0.15) is 11.8 Å². The molecule has 0 saturated carbocycles. The molecule has 0 unspecified atom stereocenters. The third-order valence-corrected chi connectivity index (χ3v) is 6.49. The number of hydrogen-bond acceptors (Lipinski definition) is 8. The molecule has 0 aromatic heterocycles. The van der Waals surface area contributed by atoms with Gasteiger partial charge in [0.1, 0.15) is 23.9 Å². The first kappa shape index (κ1) is 33.6. The van der Waals surface area contributed by atoms with Gasteiger partial charge in [-0.05, 0) is 41.7 Å². The van der Waals surface area contributed by atoms with Gasteiger partial charge in [0.25, 0.3) is 0 Å². The number of benzene rings is 2. The summed E-state index contributed by atoms with van der Waals surface area (Å²) in [5, 5.41) is 7.71. The quantitative estimate of drug-likeness (QED) is 0.0624. The van der Waals surface area contributed by atoms with E-state index in [0.717, 1.165) is 5.56 Å². The summed E-state index contributed by atoms with van der Waals surface area (Å²) in [5.74, 6) is -2.43. The number of hydrogen-bond donors (Lipinski definition) is 6. The number of rotatable bonds is 16. The van der Waals surface area contributed by atoms with Crippen molar-refractivity contribution < 1.29 is 28.7 Å². The zero-order chi connectivity index (χ0) is 31.1. The normalized spacial score (nSPS) is 12.6. The maximum Gasteiger partial charge on any atom is 0.308 e. The van der Waals surface area contributed by atoms with Gasteiger partial charge in [-0.3, -0.25) is 24.0 Å². The molecule has 0 radical (unpaired) electrons. The summed E-state index contributed by atoms with van der Waals surface area (Å²) < 4.78 is 5.02. The zero-order valence-corrected chi connectivity index (χ0v) is 24.3. The molecule has 2 rings (SSSR count). The first-order valence-electron chi connectivity index (χ1n) is 13.0. The molecule has 0 spiro atoms. The SMILES string of the molecule is CSCC[C@@H](NC(=O)[C@H](Cc1ccc(OC(C)=O)cc1)N=C(N)N)C(=O)NCC(=O)N[C@@H](Cc1ccccc1)C(N)=O. The molecule has 42 heavy (non-hydrogen) atoms. The van der Waals surface area contributed by atoms with Crippen molar-refractivity contribution in [3.05, 3.63) is 65.7 Å². The fourth-order valence-electron chi connectivity index (χ4n) is 3.84. The van der Waals surface area contributed by atoms with Crippen molar-refractivity contribution in [1.82, 2.24) is 16.0 Å². The lowest BCUT2D eigenvalue weighted by Crippen LogP contribution is -2.53. The number of guanidine groups is 1. The Balaban J connectivity index is 2.04. The average Bonchev–Trinajstić information content (AvgIpc) is 2.94. The minimum Gasteiger partial charge on any atom is -0.427 e. The van der Waals surface area contributed by atoms with Crippen molar-refractivity contribution in [2.45, 2.75) is 44.3 Å². The van der Waals surface area contributed by atoms with Gasteiger partial charge in [0.15, 0.2) is 5.96 Å². The standard InChI is InChI=1S/C28H37N7O6S/c1-17(36)41-20-10-8-19(9-11-20)15-23(35-28(30)31)27(40)34-21(12-13-42-2)26(39)32-16-24(37)33-22(25(29)38)14-18-6-4-3-5-7-18/h3-11,21-23H,12-16H2,1-2H3,(H2,29,38)(H,32,39)(H,33,37)(H,34,40)(H4,30,31,35)/t21-,22+,23+/m1/s1. The highest BCUT2D eigenvalue weighted by Gasteiger charge is 2.26. The fraction of sp³-hybridized carbons (Fsp3) is 0.357. The Labute approximate surface area is 248 Å². The average molecular weight is 600 g/mol. The Hall–Kier alpha value is -4.59. The minimum atomic E-state index is -1.06. The van der Waals surface area contributed by atoms with Crippen molar-refractivity contribution in [2.24, 2.45) is 22.2 Å². The van der Waals surface area contributed by atoms with Gasteiger partial charge in [0.05, 0.1) is 6.54 Å². The fourth-order valence-corrected chi connectivity index (χ4v) is 4.31. The minimum absolute atomic E-state index is 0.0965. The van der Waals surface area contributed by atoms with E-state index in [-0.39, 0.29) is 25.2 Å². The van der Waals surface area contributed by atoms with E-state index in [0.29, 0.717) is 17.1 Å². The maximum atomic E-state index is 13.2. The second-order valence-corrected chi connectivity index (χ2v) is 10.3. The highest BCUT2D eigenvalue weighted by Crippen LogP contribution is 2.15. The van der Waals surface area contributed by atoms with Gasteiger partial charge in [-0.1, -0.05) is 42.5 Å². The summed E-state index contributed by atoms with van der Waals surface area (Å²) in [4.78, 5) is 65.8. The number of amides is 4. The topological polar surface area (TPSA) is 221 Å². The third kappa shape index (κ3) is 12.3. The molecule has 9 N–H and O–H groups in total. The number of aliphatic imine (C=N–C) groups is 1. The summed E-state index contributed by atoms with van der Waals surface area (Å²) in [6, 6.07) is 12.5. The first-order chi connectivity index (χ1) is 20.0. The number of thioether (sulfide) groups is 1. The predicted octanol–water partition coefficient (Wildman–Crippen LogP) is -0.637. The molecule has 3 atom stereocenters. The van der Waals surface area contributed by atoms with Crippen LogP contribution in [0.15, 0.2) is 59.6 Å². The molecule has 0 bridgehead atoms. The summed E-state index contributed by atoms with van der Waals surface area (Å²) in [5.41, 5.74) is 18.0. The number of carbonyl (C=O) groups excluding carboxylic acids is 5. The van der Waals surface area contributed by atoms with Crippen LogP contribution in [0.2, 0.25) is 0 Å². The molecular formula is C28H37N7O6S. The molecule has 0 aliphatic rings. The molecule has 0 fully saturated rings. The Morgan fingerprint density at radius 3 is 2.07 bits per heavy atom. The monoisotopic (exact) mass is 599 g/mol. The molecule has 14 heteroatoms. The van der Waals surface area contributed by atoms with Crippen molar-refractivity contribution in [3.8, 4) is 5.75 Å². The van der Waals surface area contributed by atoms with Gasteiger partial charge in [-0.15, -0.1) is 0 Å². The van der Waals surface area contributed by atoms with Gasteiger partial charge in [0, 0.05) is 19.8 Å². The van der Waals surface area contributed by atoms with Crippen LogP contribution in [-0.2, 0) is 36.8 Å². The Kier molecular flexibility index (Phi) is 13.8. The first-order valence-corrected chi connectivity index (χ1v) is 14.4. The number of carbonyl (C=O) groups is 5. The van der Waals surface area contributed by atoms with Crippen LogP contribution in [0.5, 0.6) is 5.75 Å². The van der Waals surface area contributed by atoms with Crippen LogP contribution in [0.4, 0.5) is 0 Å². The van der Waals surface area contributed by atoms with E-state index in [1.807, 2.05) is 12.3 Å². The van der Waals surface area contributed by atoms with Gasteiger partial charge in [-0.25, -0.2) is 4.99 Å². The van der Waals surface area contributed by atoms with E-state index < -0.39 is 54.3 Å². The Morgan fingerprint density at radius 1 is 0.857 bits per heavy atom. The third-order valence-electron chi connectivity index (χ3n) is 5.85. The van der Waals surface area contributed by atoms with Crippen LogP contribution in [0, 0.1) is 0 Å². The highest BCUT2D eigenvalue weighted by atomic mass is 32.2. The lowest BCUT2D eigenvalue weighted by Gasteiger charge is -2.21. The van der Waals surface area contributed by atoms with Crippen LogP contribution >= 0.6 is 11.8 Å². The number of ether oxygens (including phenoxy) is 1. The lowest BCUT2D eigenvalue weighted by molar-refractivity contribution is -0.132. The maximum absolute atomic E-state index is 13.2. The number of esters is 1. The van der Waals surface area contributed by atoms with Gasteiger partial charge < -0.3 is 37.9 Å². The van der Waals surface area contributed by atoms with E-state index in [4.69, 9.17) is 21.9 Å².